The standard InChI is InChI=1S/C13H23N3/c1-11(14)10-12(2)16(3)9-6-13-4-7-15-8-5-13/h4-5,7-8,11-12H,6,9-10,14H2,1-3H3. The zero-order valence-electron chi connectivity index (χ0n) is 10.6. The molecule has 0 spiro atoms. The molecule has 0 aliphatic rings. The van der Waals surface area contributed by atoms with Crippen LogP contribution < -0.4 is 5.73 Å². The van der Waals surface area contributed by atoms with E-state index in [1.54, 1.807) is 0 Å². The highest BCUT2D eigenvalue weighted by atomic mass is 15.1. The summed E-state index contributed by atoms with van der Waals surface area (Å²) in [6, 6.07) is 4.97. The van der Waals surface area contributed by atoms with E-state index in [4.69, 9.17) is 5.73 Å². The van der Waals surface area contributed by atoms with Crippen molar-refractivity contribution in [3.63, 3.8) is 0 Å². The summed E-state index contributed by atoms with van der Waals surface area (Å²) in [6.07, 6.45) is 5.82. The average molecular weight is 221 g/mol. The van der Waals surface area contributed by atoms with Gasteiger partial charge in [-0.1, -0.05) is 0 Å². The topological polar surface area (TPSA) is 42.1 Å². The number of pyridine rings is 1. The molecular formula is C13H23N3. The van der Waals surface area contributed by atoms with Crippen LogP contribution in [-0.2, 0) is 6.42 Å². The van der Waals surface area contributed by atoms with E-state index in [1.807, 2.05) is 12.4 Å². The summed E-state index contributed by atoms with van der Waals surface area (Å²) in [5, 5.41) is 0. The van der Waals surface area contributed by atoms with Crippen LogP contribution in [0.4, 0.5) is 0 Å². The van der Waals surface area contributed by atoms with E-state index >= 15 is 0 Å². The summed E-state index contributed by atoms with van der Waals surface area (Å²) in [6.45, 7) is 5.36. The summed E-state index contributed by atoms with van der Waals surface area (Å²) in [5.41, 5.74) is 7.15. The van der Waals surface area contributed by atoms with Gasteiger partial charge in [0.15, 0.2) is 0 Å². The quantitative estimate of drug-likeness (QED) is 0.794. The van der Waals surface area contributed by atoms with Crippen LogP contribution >= 0.6 is 0 Å². The SMILES string of the molecule is CC(N)CC(C)N(C)CCc1ccncc1. The van der Waals surface area contributed by atoms with Crippen molar-refractivity contribution in [2.75, 3.05) is 13.6 Å². The number of hydrogen-bond donors (Lipinski definition) is 1. The zero-order chi connectivity index (χ0) is 12.0. The second kappa shape index (κ2) is 6.61. The summed E-state index contributed by atoms with van der Waals surface area (Å²) in [4.78, 5) is 6.38. The minimum absolute atomic E-state index is 0.276. The molecule has 0 radical (unpaired) electrons. The van der Waals surface area contributed by atoms with Gasteiger partial charge in [0.05, 0.1) is 0 Å². The van der Waals surface area contributed by atoms with Gasteiger partial charge in [-0.05, 0) is 51.4 Å². The van der Waals surface area contributed by atoms with E-state index in [0.29, 0.717) is 6.04 Å². The fourth-order valence-corrected chi connectivity index (χ4v) is 1.79. The number of hydrogen-bond acceptors (Lipinski definition) is 3. The van der Waals surface area contributed by atoms with Gasteiger partial charge in [-0.2, -0.15) is 0 Å². The first-order chi connectivity index (χ1) is 7.59. The van der Waals surface area contributed by atoms with Crippen LogP contribution in [0.3, 0.4) is 0 Å². The lowest BCUT2D eigenvalue weighted by Gasteiger charge is -2.26. The Hall–Kier alpha value is -0.930. The lowest BCUT2D eigenvalue weighted by molar-refractivity contribution is 0.241. The fourth-order valence-electron chi connectivity index (χ4n) is 1.79. The summed E-state index contributed by atoms with van der Waals surface area (Å²) >= 11 is 0. The normalized spacial score (nSPS) is 15.1. The molecule has 3 nitrogen and oxygen atoms in total. The molecule has 1 aromatic heterocycles. The van der Waals surface area contributed by atoms with Crippen molar-refractivity contribution in [2.24, 2.45) is 5.73 Å². The second-order valence-electron chi connectivity index (χ2n) is 4.65. The van der Waals surface area contributed by atoms with E-state index in [0.717, 1.165) is 19.4 Å². The molecule has 16 heavy (non-hydrogen) atoms. The smallest absolute Gasteiger partial charge is 0.0270 e. The predicted molar refractivity (Wildman–Crippen MR) is 68.3 cm³/mol. The first kappa shape index (κ1) is 13.1. The van der Waals surface area contributed by atoms with Gasteiger partial charge in [0.1, 0.15) is 0 Å². The van der Waals surface area contributed by atoms with Crippen molar-refractivity contribution in [2.45, 2.75) is 38.8 Å². The van der Waals surface area contributed by atoms with Crippen molar-refractivity contribution in [1.29, 1.82) is 0 Å². The minimum Gasteiger partial charge on any atom is -0.328 e. The van der Waals surface area contributed by atoms with Gasteiger partial charge < -0.3 is 10.6 Å². The molecule has 0 aliphatic carbocycles. The summed E-state index contributed by atoms with van der Waals surface area (Å²) in [7, 11) is 2.16. The molecule has 3 heteroatoms. The van der Waals surface area contributed by atoms with Crippen molar-refractivity contribution in [1.82, 2.24) is 9.88 Å². The van der Waals surface area contributed by atoms with E-state index < -0.39 is 0 Å². The molecule has 0 aromatic carbocycles. The van der Waals surface area contributed by atoms with Crippen molar-refractivity contribution in [3.8, 4) is 0 Å². The maximum atomic E-state index is 5.80. The first-order valence-electron chi connectivity index (χ1n) is 5.94. The molecule has 0 aliphatic heterocycles. The lowest BCUT2D eigenvalue weighted by atomic mass is 10.1. The number of rotatable bonds is 6. The molecule has 0 saturated heterocycles. The Morgan fingerprint density at radius 1 is 1.31 bits per heavy atom. The molecule has 0 bridgehead atoms. The van der Waals surface area contributed by atoms with Crippen LogP contribution in [0.5, 0.6) is 0 Å². The largest absolute Gasteiger partial charge is 0.328 e. The summed E-state index contributed by atoms with van der Waals surface area (Å²) < 4.78 is 0. The third kappa shape index (κ3) is 4.73. The maximum Gasteiger partial charge on any atom is 0.0270 e. The predicted octanol–water partition coefficient (Wildman–Crippen LogP) is 1.68. The molecule has 2 atom stereocenters. The van der Waals surface area contributed by atoms with Crippen molar-refractivity contribution >= 4 is 0 Å². The van der Waals surface area contributed by atoms with E-state index in [-0.39, 0.29) is 6.04 Å². The Morgan fingerprint density at radius 2 is 1.94 bits per heavy atom. The van der Waals surface area contributed by atoms with Crippen LogP contribution in [0, 0.1) is 0 Å². The third-order valence-corrected chi connectivity index (χ3v) is 2.97. The van der Waals surface area contributed by atoms with Crippen LogP contribution in [-0.4, -0.2) is 35.6 Å². The first-order valence-corrected chi connectivity index (χ1v) is 5.94. The van der Waals surface area contributed by atoms with Gasteiger partial charge in [-0.15, -0.1) is 0 Å². The highest BCUT2D eigenvalue weighted by Crippen LogP contribution is 2.05. The number of aromatic nitrogens is 1. The molecule has 0 saturated carbocycles. The molecule has 1 aromatic rings. The van der Waals surface area contributed by atoms with Crippen LogP contribution in [0.15, 0.2) is 24.5 Å². The molecule has 1 heterocycles. The molecule has 1 rings (SSSR count). The number of likely N-dealkylation sites (N-methyl/N-ethyl adjacent to an activating group) is 1. The Labute approximate surface area is 98.7 Å². The molecule has 2 unspecified atom stereocenters. The summed E-state index contributed by atoms with van der Waals surface area (Å²) in [5.74, 6) is 0. The maximum absolute atomic E-state index is 5.80. The molecule has 90 valence electrons. The van der Waals surface area contributed by atoms with Gasteiger partial charge in [-0.25, -0.2) is 0 Å². The highest BCUT2D eigenvalue weighted by Gasteiger charge is 2.10. The lowest BCUT2D eigenvalue weighted by Crippen LogP contribution is -2.35. The zero-order valence-corrected chi connectivity index (χ0v) is 10.6. The monoisotopic (exact) mass is 221 g/mol. The van der Waals surface area contributed by atoms with Crippen molar-refractivity contribution < 1.29 is 0 Å². The number of nitrogens with zero attached hydrogens (tertiary/aromatic N) is 2. The van der Waals surface area contributed by atoms with E-state index in [1.165, 1.54) is 5.56 Å². The average Bonchev–Trinajstić information content (AvgIpc) is 2.26. The van der Waals surface area contributed by atoms with E-state index in [9.17, 15) is 0 Å². The Morgan fingerprint density at radius 3 is 2.50 bits per heavy atom. The Kier molecular flexibility index (Phi) is 5.43. The van der Waals surface area contributed by atoms with Gasteiger partial charge >= 0.3 is 0 Å². The van der Waals surface area contributed by atoms with Crippen LogP contribution in [0.2, 0.25) is 0 Å². The Bertz CT molecular complexity index is 284. The van der Waals surface area contributed by atoms with Gasteiger partial charge in [0.25, 0.3) is 0 Å². The molecular weight excluding hydrogens is 198 g/mol. The third-order valence-electron chi connectivity index (χ3n) is 2.97. The fraction of sp³-hybridized carbons (Fsp3) is 0.615. The van der Waals surface area contributed by atoms with Gasteiger partial charge in [0, 0.05) is 31.0 Å². The van der Waals surface area contributed by atoms with Crippen LogP contribution in [0.1, 0.15) is 25.8 Å². The Balaban J connectivity index is 2.32. The van der Waals surface area contributed by atoms with E-state index in [2.05, 4.69) is 42.9 Å². The van der Waals surface area contributed by atoms with Gasteiger partial charge in [0.2, 0.25) is 0 Å². The molecule has 2 N–H and O–H groups in total. The van der Waals surface area contributed by atoms with Gasteiger partial charge in [-0.3, -0.25) is 4.98 Å². The molecule has 0 fully saturated rings. The number of nitrogens with two attached hydrogens (primary N) is 1. The van der Waals surface area contributed by atoms with Crippen molar-refractivity contribution in [3.05, 3.63) is 30.1 Å². The van der Waals surface area contributed by atoms with Crippen LogP contribution in [0.25, 0.3) is 0 Å². The highest BCUT2D eigenvalue weighted by molar-refractivity contribution is 5.09. The molecule has 0 amide bonds. The second-order valence-corrected chi connectivity index (χ2v) is 4.65. The minimum atomic E-state index is 0.276.